The van der Waals surface area contributed by atoms with E-state index < -0.39 is 0 Å². The zero-order chi connectivity index (χ0) is 20.8. The van der Waals surface area contributed by atoms with Crippen molar-refractivity contribution < 1.29 is 19.1 Å². The standard InChI is InChI=1S/C21H22N4O4/c1-28-18-11-16(12-19(13-18)29-2)20(26)24-7-9-25(10-8-24)21(27)23-17-5-3-15(14-22)4-6-17/h3-6,11-13H,7-10H2,1-2H3,(H,23,27). The summed E-state index contributed by atoms with van der Waals surface area (Å²) in [5.74, 6) is 0.968. The predicted molar refractivity (Wildman–Crippen MR) is 107 cm³/mol. The van der Waals surface area contributed by atoms with E-state index in [1.165, 1.54) is 14.2 Å². The van der Waals surface area contributed by atoms with E-state index >= 15 is 0 Å². The average Bonchev–Trinajstić information content (AvgIpc) is 2.78. The predicted octanol–water partition coefficient (Wildman–Crippen LogP) is 2.57. The molecular weight excluding hydrogens is 372 g/mol. The lowest BCUT2D eigenvalue weighted by molar-refractivity contribution is 0.0671. The Morgan fingerprint density at radius 1 is 0.931 bits per heavy atom. The molecule has 0 radical (unpaired) electrons. The van der Waals surface area contributed by atoms with Crippen molar-refractivity contribution in [2.75, 3.05) is 45.7 Å². The number of amides is 3. The van der Waals surface area contributed by atoms with Crippen LogP contribution in [0.2, 0.25) is 0 Å². The second-order valence-corrected chi connectivity index (χ2v) is 6.50. The molecule has 29 heavy (non-hydrogen) atoms. The number of methoxy groups -OCH3 is 2. The lowest BCUT2D eigenvalue weighted by Gasteiger charge is -2.34. The number of nitriles is 1. The number of hydrogen-bond acceptors (Lipinski definition) is 5. The van der Waals surface area contributed by atoms with E-state index in [1.807, 2.05) is 6.07 Å². The van der Waals surface area contributed by atoms with Crippen molar-refractivity contribution in [3.63, 3.8) is 0 Å². The van der Waals surface area contributed by atoms with Gasteiger partial charge in [-0.3, -0.25) is 4.79 Å². The third kappa shape index (κ3) is 4.76. The van der Waals surface area contributed by atoms with Gasteiger partial charge in [-0.15, -0.1) is 0 Å². The van der Waals surface area contributed by atoms with Crippen molar-refractivity contribution >= 4 is 17.6 Å². The van der Waals surface area contributed by atoms with Gasteiger partial charge in [0.05, 0.1) is 25.9 Å². The number of piperazine rings is 1. The number of anilines is 1. The number of nitrogens with zero attached hydrogens (tertiary/aromatic N) is 3. The zero-order valence-electron chi connectivity index (χ0n) is 16.3. The molecule has 0 aliphatic carbocycles. The molecule has 1 fully saturated rings. The van der Waals surface area contributed by atoms with Gasteiger partial charge in [0.1, 0.15) is 11.5 Å². The molecule has 2 aromatic rings. The fraction of sp³-hybridized carbons (Fsp3) is 0.286. The molecule has 2 aromatic carbocycles. The lowest BCUT2D eigenvalue weighted by atomic mass is 10.1. The molecule has 0 saturated carbocycles. The van der Waals surface area contributed by atoms with Crippen LogP contribution in [0.15, 0.2) is 42.5 Å². The third-order valence-electron chi connectivity index (χ3n) is 4.72. The molecule has 1 aliphatic rings. The Hall–Kier alpha value is -3.73. The van der Waals surface area contributed by atoms with Crippen LogP contribution >= 0.6 is 0 Å². The first-order valence-corrected chi connectivity index (χ1v) is 9.12. The van der Waals surface area contributed by atoms with E-state index in [1.54, 1.807) is 52.3 Å². The monoisotopic (exact) mass is 394 g/mol. The van der Waals surface area contributed by atoms with Crippen molar-refractivity contribution in [3.8, 4) is 17.6 Å². The Morgan fingerprint density at radius 3 is 2.00 bits per heavy atom. The first-order chi connectivity index (χ1) is 14.0. The molecule has 3 amide bonds. The second-order valence-electron chi connectivity index (χ2n) is 6.50. The quantitative estimate of drug-likeness (QED) is 0.860. The Kier molecular flexibility index (Phi) is 6.19. The van der Waals surface area contributed by atoms with Crippen molar-refractivity contribution in [3.05, 3.63) is 53.6 Å². The van der Waals surface area contributed by atoms with Gasteiger partial charge in [0, 0.05) is 43.5 Å². The maximum absolute atomic E-state index is 12.8. The minimum atomic E-state index is -0.232. The zero-order valence-corrected chi connectivity index (χ0v) is 16.3. The van der Waals surface area contributed by atoms with Crippen LogP contribution in [0, 0.1) is 11.3 Å². The number of ether oxygens (including phenoxy) is 2. The number of carbonyl (C=O) groups is 2. The summed E-state index contributed by atoms with van der Waals surface area (Å²) in [7, 11) is 3.07. The first-order valence-electron chi connectivity index (χ1n) is 9.12. The molecule has 0 spiro atoms. The molecule has 8 nitrogen and oxygen atoms in total. The Labute approximate surface area is 169 Å². The smallest absolute Gasteiger partial charge is 0.321 e. The maximum Gasteiger partial charge on any atom is 0.321 e. The van der Waals surface area contributed by atoms with Gasteiger partial charge in [-0.1, -0.05) is 0 Å². The van der Waals surface area contributed by atoms with Gasteiger partial charge >= 0.3 is 6.03 Å². The summed E-state index contributed by atoms with van der Waals surface area (Å²) in [6.07, 6.45) is 0. The lowest BCUT2D eigenvalue weighted by Crippen LogP contribution is -2.51. The van der Waals surface area contributed by atoms with Crippen molar-refractivity contribution in [1.82, 2.24) is 9.80 Å². The van der Waals surface area contributed by atoms with E-state index in [0.29, 0.717) is 54.5 Å². The normalized spacial score (nSPS) is 13.4. The fourth-order valence-corrected chi connectivity index (χ4v) is 3.06. The van der Waals surface area contributed by atoms with Gasteiger partial charge in [0.25, 0.3) is 5.91 Å². The summed E-state index contributed by atoms with van der Waals surface area (Å²) < 4.78 is 10.4. The van der Waals surface area contributed by atoms with E-state index in [2.05, 4.69) is 5.32 Å². The fourth-order valence-electron chi connectivity index (χ4n) is 3.06. The highest BCUT2D eigenvalue weighted by atomic mass is 16.5. The van der Waals surface area contributed by atoms with Crippen LogP contribution in [0.5, 0.6) is 11.5 Å². The number of benzene rings is 2. The van der Waals surface area contributed by atoms with Crippen LogP contribution in [0.1, 0.15) is 15.9 Å². The first kappa shape index (κ1) is 20.0. The number of carbonyl (C=O) groups excluding carboxylic acids is 2. The molecule has 0 atom stereocenters. The number of hydrogen-bond donors (Lipinski definition) is 1. The SMILES string of the molecule is COc1cc(OC)cc(C(=O)N2CCN(C(=O)Nc3ccc(C#N)cc3)CC2)c1. The Balaban J connectivity index is 1.59. The Morgan fingerprint density at radius 2 is 1.48 bits per heavy atom. The van der Waals surface area contributed by atoms with Gasteiger partial charge in [-0.25, -0.2) is 4.79 Å². The third-order valence-corrected chi connectivity index (χ3v) is 4.72. The Bertz CT molecular complexity index is 906. The second kappa shape index (κ2) is 8.97. The molecule has 3 rings (SSSR count). The van der Waals surface area contributed by atoms with Crippen LogP contribution in [0.4, 0.5) is 10.5 Å². The molecule has 150 valence electrons. The molecule has 0 unspecified atom stereocenters. The molecule has 1 heterocycles. The topological polar surface area (TPSA) is 94.9 Å². The number of rotatable bonds is 4. The minimum absolute atomic E-state index is 0.130. The number of urea groups is 1. The van der Waals surface area contributed by atoms with Crippen LogP contribution in [-0.2, 0) is 0 Å². The summed E-state index contributed by atoms with van der Waals surface area (Å²) in [5.41, 5.74) is 1.64. The maximum atomic E-state index is 12.8. The van der Waals surface area contributed by atoms with Gasteiger partial charge in [0.2, 0.25) is 0 Å². The van der Waals surface area contributed by atoms with Crippen molar-refractivity contribution in [2.24, 2.45) is 0 Å². The highest BCUT2D eigenvalue weighted by Crippen LogP contribution is 2.24. The summed E-state index contributed by atoms with van der Waals surface area (Å²) in [5, 5.41) is 11.6. The molecule has 1 aliphatic heterocycles. The molecule has 1 saturated heterocycles. The molecule has 0 bridgehead atoms. The van der Waals surface area contributed by atoms with E-state index in [-0.39, 0.29) is 11.9 Å². The molecule has 1 N–H and O–H groups in total. The average molecular weight is 394 g/mol. The van der Waals surface area contributed by atoms with Crippen molar-refractivity contribution in [1.29, 1.82) is 5.26 Å². The largest absolute Gasteiger partial charge is 0.497 e. The minimum Gasteiger partial charge on any atom is -0.497 e. The van der Waals surface area contributed by atoms with E-state index in [0.717, 1.165) is 0 Å². The number of nitrogens with one attached hydrogen (secondary N) is 1. The van der Waals surface area contributed by atoms with Crippen LogP contribution in [-0.4, -0.2) is 62.1 Å². The highest BCUT2D eigenvalue weighted by molar-refractivity contribution is 5.95. The highest BCUT2D eigenvalue weighted by Gasteiger charge is 2.25. The molecule has 8 heteroatoms. The molecular formula is C21H22N4O4. The van der Waals surface area contributed by atoms with Crippen LogP contribution in [0.25, 0.3) is 0 Å². The van der Waals surface area contributed by atoms with Gasteiger partial charge in [0.15, 0.2) is 0 Å². The van der Waals surface area contributed by atoms with Crippen LogP contribution in [0.3, 0.4) is 0 Å². The summed E-state index contributed by atoms with van der Waals surface area (Å²) in [4.78, 5) is 28.7. The summed E-state index contributed by atoms with van der Waals surface area (Å²) in [6, 6.07) is 13.5. The molecule has 0 aromatic heterocycles. The van der Waals surface area contributed by atoms with Crippen molar-refractivity contribution in [2.45, 2.75) is 0 Å². The van der Waals surface area contributed by atoms with Gasteiger partial charge in [-0.05, 0) is 36.4 Å². The van der Waals surface area contributed by atoms with E-state index in [9.17, 15) is 9.59 Å². The summed E-state index contributed by atoms with van der Waals surface area (Å²) in [6.45, 7) is 1.71. The van der Waals surface area contributed by atoms with Crippen LogP contribution < -0.4 is 14.8 Å². The van der Waals surface area contributed by atoms with Gasteiger partial charge in [-0.2, -0.15) is 5.26 Å². The summed E-state index contributed by atoms with van der Waals surface area (Å²) >= 11 is 0. The van der Waals surface area contributed by atoms with Gasteiger partial charge < -0.3 is 24.6 Å². The van der Waals surface area contributed by atoms with E-state index in [4.69, 9.17) is 14.7 Å².